The summed E-state index contributed by atoms with van der Waals surface area (Å²) in [5, 5.41) is 0.525. The number of hydrogen-bond donors (Lipinski definition) is 0. The van der Waals surface area contributed by atoms with Gasteiger partial charge in [0.1, 0.15) is 11.5 Å². The molecule has 3 nitrogen and oxygen atoms in total. The molecule has 2 rings (SSSR count). The Labute approximate surface area is 110 Å². The smallest absolute Gasteiger partial charge is 0.167 e. The van der Waals surface area contributed by atoms with E-state index in [1.165, 1.54) is 7.11 Å². The zero-order valence-electron chi connectivity index (χ0n) is 9.98. The Bertz CT molecular complexity index is 532. The lowest BCUT2D eigenvalue weighted by molar-refractivity contribution is 0.0978. The Morgan fingerprint density at radius 3 is 2.89 bits per heavy atom. The summed E-state index contributed by atoms with van der Waals surface area (Å²) in [6, 6.07) is 8.68. The summed E-state index contributed by atoms with van der Waals surface area (Å²) >= 11 is 5.89. The number of furan rings is 1. The predicted octanol–water partition coefficient (Wildman–Crippen LogP) is 3.76. The number of carbonyl (C=O) groups excluding carboxylic acids is 1. The van der Waals surface area contributed by atoms with Crippen molar-refractivity contribution < 1.29 is 13.9 Å². The SMILES string of the molecule is COc1ccc(Cl)cc1C(=O)CCc1ccco1. The maximum absolute atomic E-state index is 12.1. The van der Waals surface area contributed by atoms with E-state index in [2.05, 4.69) is 0 Å². The maximum atomic E-state index is 12.1. The van der Waals surface area contributed by atoms with Crippen LogP contribution in [0.4, 0.5) is 0 Å². The largest absolute Gasteiger partial charge is 0.496 e. The minimum absolute atomic E-state index is 0.00856. The average Bonchev–Trinajstić information content (AvgIpc) is 2.89. The van der Waals surface area contributed by atoms with Crippen LogP contribution in [0.25, 0.3) is 0 Å². The van der Waals surface area contributed by atoms with Gasteiger partial charge in [0.15, 0.2) is 5.78 Å². The predicted molar refractivity (Wildman–Crippen MR) is 69.4 cm³/mol. The Balaban J connectivity index is 2.10. The van der Waals surface area contributed by atoms with E-state index in [1.807, 2.05) is 6.07 Å². The third-order valence-electron chi connectivity index (χ3n) is 2.64. The van der Waals surface area contributed by atoms with E-state index in [4.69, 9.17) is 20.8 Å². The molecule has 0 spiro atoms. The fourth-order valence-electron chi connectivity index (χ4n) is 1.72. The lowest BCUT2D eigenvalue weighted by Crippen LogP contribution is -2.03. The van der Waals surface area contributed by atoms with Crippen LogP contribution in [0.5, 0.6) is 5.75 Å². The molecule has 1 aromatic carbocycles. The van der Waals surface area contributed by atoms with E-state index in [0.29, 0.717) is 29.2 Å². The second-order valence-corrected chi connectivity index (χ2v) is 4.28. The van der Waals surface area contributed by atoms with Gasteiger partial charge >= 0.3 is 0 Å². The molecule has 4 heteroatoms. The first kappa shape index (κ1) is 12.7. The molecule has 0 unspecified atom stereocenters. The molecule has 0 N–H and O–H groups in total. The number of Topliss-reactive ketones (excluding diaryl/α,β-unsaturated/α-hetero) is 1. The molecule has 0 saturated carbocycles. The fourth-order valence-corrected chi connectivity index (χ4v) is 1.90. The molecule has 0 amide bonds. The highest BCUT2D eigenvalue weighted by molar-refractivity contribution is 6.31. The van der Waals surface area contributed by atoms with Gasteiger partial charge in [-0.1, -0.05) is 11.6 Å². The van der Waals surface area contributed by atoms with E-state index in [9.17, 15) is 4.79 Å². The van der Waals surface area contributed by atoms with Crippen molar-refractivity contribution in [1.82, 2.24) is 0 Å². The molecule has 0 aliphatic carbocycles. The van der Waals surface area contributed by atoms with Gasteiger partial charge in [0.25, 0.3) is 0 Å². The first-order chi connectivity index (χ1) is 8.70. The molecular formula is C14H13ClO3. The highest BCUT2D eigenvalue weighted by atomic mass is 35.5. The monoisotopic (exact) mass is 264 g/mol. The van der Waals surface area contributed by atoms with Gasteiger partial charge in [0.05, 0.1) is 18.9 Å². The van der Waals surface area contributed by atoms with Gasteiger partial charge < -0.3 is 9.15 Å². The quantitative estimate of drug-likeness (QED) is 0.772. The fraction of sp³-hybridized carbons (Fsp3) is 0.214. The summed E-state index contributed by atoms with van der Waals surface area (Å²) in [7, 11) is 1.53. The van der Waals surface area contributed by atoms with Crippen molar-refractivity contribution in [2.75, 3.05) is 7.11 Å². The van der Waals surface area contributed by atoms with Crippen LogP contribution in [0, 0.1) is 0 Å². The van der Waals surface area contributed by atoms with E-state index < -0.39 is 0 Å². The molecule has 1 heterocycles. The third kappa shape index (κ3) is 2.93. The summed E-state index contributed by atoms with van der Waals surface area (Å²) in [5.74, 6) is 1.33. The molecule has 0 fully saturated rings. The molecule has 0 bridgehead atoms. The van der Waals surface area contributed by atoms with Gasteiger partial charge in [0.2, 0.25) is 0 Å². The van der Waals surface area contributed by atoms with Gasteiger partial charge in [-0.25, -0.2) is 0 Å². The minimum Gasteiger partial charge on any atom is -0.496 e. The second-order valence-electron chi connectivity index (χ2n) is 3.85. The van der Waals surface area contributed by atoms with Crippen LogP contribution in [-0.2, 0) is 6.42 Å². The van der Waals surface area contributed by atoms with Crippen molar-refractivity contribution in [3.8, 4) is 5.75 Å². The van der Waals surface area contributed by atoms with Crippen molar-refractivity contribution in [2.45, 2.75) is 12.8 Å². The molecular weight excluding hydrogens is 252 g/mol. The van der Waals surface area contributed by atoms with Crippen molar-refractivity contribution >= 4 is 17.4 Å². The highest BCUT2D eigenvalue weighted by Crippen LogP contribution is 2.24. The Hall–Kier alpha value is -1.74. The van der Waals surface area contributed by atoms with E-state index >= 15 is 0 Å². The number of rotatable bonds is 5. The Morgan fingerprint density at radius 2 is 2.22 bits per heavy atom. The lowest BCUT2D eigenvalue weighted by atomic mass is 10.0. The molecule has 18 heavy (non-hydrogen) atoms. The maximum Gasteiger partial charge on any atom is 0.167 e. The van der Waals surface area contributed by atoms with Crippen molar-refractivity contribution in [3.05, 3.63) is 52.9 Å². The number of ether oxygens (including phenoxy) is 1. The van der Waals surface area contributed by atoms with Crippen LogP contribution in [-0.4, -0.2) is 12.9 Å². The summed E-state index contributed by atoms with van der Waals surface area (Å²) in [5.41, 5.74) is 0.511. The van der Waals surface area contributed by atoms with Crippen molar-refractivity contribution in [1.29, 1.82) is 0 Å². The van der Waals surface area contributed by atoms with Crippen molar-refractivity contribution in [2.24, 2.45) is 0 Å². The molecule has 1 aromatic heterocycles. The first-order valence-electron chi connectivity index (χ1n) is 5.60. The van der Waals surface area contributed by atoms with Crippen LogP contribution in [0.1, 0.15) is 22.5 Å². The summed E-state index contributed by atoms with van der Waals surface area (Å²) < 4.78 is 10.3. The number of methoxy groups -OCH3 is 1. The number of halogens is 1. The topological polar surface area (TPSA) is 39.4 Å². The Morgan fingerprint density at radius 1 is 1.39 bits per heavy atom. The zero-order valence-corrected chi connectivity index (χ0v) is 10.7. The summed E-state index contributed by atoms with van der Waals surface area (Å²) in [6.07, 6.45) is 2.53. The average molecular weight is 265 g/mol. The number of ketones is 1. The van der Waals surface area contributed by atoms with E-state index in [-0.39, 0.29) is 5.78 Å². The second kappa shape index (κ2) is 5.74. The van der Waals surface area contributed by atoms with Crippen LogP contribution in [0.15, 0.2) is 41.0 Å². The van der Waals surface area contributed by atoms with Crippen LogP contribution in [0.3, 0.4) is 0 Å². The van der Waals surface area contributed by atoms with E-state index in [1.54, 1.807) is 30.5 Å². The highest BCUT2D eigenvalue weighted by Gasteiger charge is 2.13. The Kier molecular flexibility index (Phi) is 4.05. The van der Waals surface area contributed by atoms with Crippen molar-refractivity contribution in [3.63, 3.8) is 0 Å². The van der Waals surface area contributed by atoms with Gasteiger partial charge in [-0.15, -0.1) is 0 Å². The zero-order chi connectivity index (χ0) is 13.0. The van der Waals surface area contributed by atoms with Gasteiger partial charge in [-0.3, -0.25) is 4.79 Å². The number of carbonyl (C=O) groups is 1. The summed E-state index contributed by atoms with van der Waals surface area (Å²) in [6.45, 7) is 0. The first-order valence-corrected chi connectivity index (χ1v) is 5.97. The minimum atomic E-state index is -0.00856. The normalized spacial score (nSPS) is 10.3. The number of benzene rings is 1. The lowest BCUT2D eigenvalue weighted by Gasteiger charge is -2.07. The van der Waals surface area contributed by atoms with Crippen LogP contribution < -0.4 is 4.74 Å². The molecule has 0 aliphatic rings. The molecule has 0 saturated heterocycles. The molecule has 0 radical (unpaired) electrons. The molecule has 0 aliphatic heterocycles. The molecule has 94 valence electrons. The standard InChI is InChI=1S/C14H13ClO3/c1-17-14-7-4-10(15)9-12(14)13(16)6-5-11-3-2-8-18-11/h2-4,7-9H,5-6H2,1H3. The summed E-state index contributed by atoms with van der Waals surface area (Å²) in [4.78, 5) is 12.1. The van der Waals surface area contributed by atoms with Gasteiger partial charge in [-0.2, -0.15) is 0 Å². The van der Waals surface area contributed by atoms with Gasteiger partial charge in [-0.05, 0) is 30.3 Å². The van der Waals surface area contributed by atoms with Crippen LogP contribution >= 0.6 is 11.6 Å². The van der Waals surface area contributed by atoms with E-state index in [0.717, 1.165) is 5.76 Å². The third-order valence-corrected chi connectivity index (χ3v) is 2.88. The number of hydrogen-bond acceptors (Lipinski definition) is 3. The van der Waals surface area contributed by atoms with Gasteiger partial charge in [0, 0.05) is 17.9 Å². The molecule has 2 aromatic rings. The van der Waals surface area contributed by atoms with Crippen LogP contribution in [0.2, 0.25) is 5.02 Å². The molecule has 0 atom stereocenters. The number of aryl methyl sites for hydroxylation is 1.